The molecule has 1 amide bonds. The smallest absolute Gasteiger partial charge is 0.337 e. The van der Waals surface area contributed by atoms with Crippen molar-refractivity contribution in [2.24, 2.45) is 0 Å². The molecule has 0 atom stereocenters. The van der Waals surface area contributed by atoms with Crippen LogP contribution < -0.4 is 10.9 Å². The predicted molar refractivity (Wildman–Crippen MR) is 99.5 cm³/mol. The van der Waals surface area contributed by atoms with Gasteiger partial charge in [-0.2, -0.15) is 0 Å². The summed E-state index contributed by atoms with van der Waals surface area (Å²) in [6.45, 7) is 0.157. The number of rotatable bonds is 7. The number of benzene rings is 1. The normalized spacial score (nSPS) is 14.1. The number of fused-ring (bicyclic) bond motifs is 1. The van der Waals surface area contributed by atoms with E-state index in [1.807, 2.05) is 0 Å². The van der Waals surface area contributed by atoms with Crippen molar-refractivity contribution < 1.29 is 28.6 Å². The van der Waals surface area contributed by atoms with Gasteiger partial charge in [0.1, 0.15) is 11.3 Å². The van der Waals surface area contributed by atoms with Crippen molar-refractivity contribution in [1.29, 1.82) is 0 Å². The first-order valence-electron chi connectivity index (χ1n) is 8.52. The Morgan fingerprint density at radius 3 is 2.75 bits per heavy atom. The molecule has 0 unspecified atom stereocenters. The Labute approximate surface area is 160 Å². The van der Waals surface area contributed by atoms with Crippen LogP contribution in [0, 0.1) is 0 Å². The fraction of sp³-hybridized carbons (Fsp3) is 0.316. The van der Waals surface area contributed by atoms with Crippen LogP contribution in [0.25, 0.3) is 11.0 Å². The Hall–Kier alpha value is -3.17. The van der Waals surface area contributed by atoms with Gasteiger partial charge in [-0.15, -0.1) is 0 Å². The third-order valence-electron chi connectivity index (χ3n) is 4.35. The van der Waals surface area contributed by atoms with Crippen molar-refractivity contribution in [3.05, 3.63) is 51.5 Å². The summed E-state index contributed by atoms with van der Waals surface area (Å²) in [6.07, 6.45) is 0. The summed E-state index contributed by atoms with van der Waals surface area (Å²) in [6, 6.07) is 6.37. The molecule has 1 aliphatic heterocycles. The van der Waals surface area contributed by atoms with E-state index >= 15 is 0 Å². The lowest BCUT2D eigenvalue weighted by Crippen LogP contribution is -2.31. The van der Waals surface area contributed by atoms with Gasteiger partial charge in [0, 0.05) is 36.9 Å². The molecule has 0 aliphatic carbocycles. The van der Waals surface area contributed by atoms with Crippen LogP contribution in [0.4, 0.5) is 5.69 Å². The lowest BCUT2D eigenvalue weighted by atomic mass is 10.1. The number of β-amino-alcohol motifs (C(OH)–C–C–N with tert-alkyl or cyclic N) is 1. The number of hydrogen-bond donors (Lipinski definition) is 2. The van der Waals surface area contributed by atoms with Crippen LogP contribution in [-0.2, 0) is 25.7 Å². The number of hydrogen-bond acceptors (Lipinski definition) is 8. The zero-order chi connectivity index (χ0) is 20.3. The van der Waals surface area contributed by atoms with Crippen LogP contribution in [0.1, 0.15) is 5.56 Å². The van der Waals surface area contributed by atoms with Gasteiger partial charge in [-0.1, -0.05) is 0 Å². The van der Waals surface area contributed by atoms with Gasteiger partial charge in [0.2, 0.25) is 0 Å². The van der Waals surface area contributed by atoms with Gasteiger partial charge in [0.25, 0.3) is 5.91 Å². The SMILES string of the molecule is COCc1cc(=O)oc2cc(NC3=C(C(=O)OC)CN(CCO)C3=O)ccc12. The lowest BCUT2D eigenvalue weighted by molar-refractivity contribution is -0.136. The van der Waals surface area contributed by atoms with E-state index in [0.717, 1.165) is 0 Å². The number of aliphatic hydroxyl groups excluding tert-OH is 1. The number of carbonyl (C=O) groups is 2. The number of anilines is 1. The summed E-state index contributed by atoms with van der Waals surface area (Å²) in [4.78, 5) is 37.8. The first-order valence-corrected chi connectivity index (χ1v) is 8.52. The molecule has 0 spiro atoms. The second-order valence-electron chi connectivity index (χ2n) is 6.16. The van der Waals surface area contributed by atoms with Gasteiger partial charge in [0.05, 0.1) is 32.4 Å². The number of ether oxygens (including phenoxy) is 2. The van der Waals surface area contributed by atoms with Crippen molar-refractivity contribution >= 4 is 28.5 Å². The van der Waals surface area contributed by atoms with Crippen LogP contribution in [-0.4, -0.2) is 55.8 Å². The summed E-state index contributed by atoms with van der Waals surface area (Å²) in [5, 5.41) is 12.7. The van der Waals surface area contributed by atoms with E-state index in [1.165, 1.54) is 25.2 Å². The number of methoxy groups -OCH3 is 2. The molecule has 1 aromatic heterocycles. The molecule has 0 saturated carbocycles. The van der Waals surface area contributed by atoms with E-state index in [4.69, 9.17) is 19.0 Å². The molecule has 2 N–H and O–H groups in total. The summed E-state index contributed by atoms with van der Waals surface area (Å²) in [5.41, 5.74) is 1.17. The molecule has 0 saturated heterocycles. The van der Waals surface area contributed by atoms with Crippen LogP contribution in [0.15, 0.2) is 44.7 Å². The quantitative estimate of drug-likeness (QED) is 0.523. The largest absolute Gasteiger partial charge is 0.466 e. The fourth-order valence-electron chi connectivity index (χ4n) is 3.08. The standard InChI is InChI=1S/C19H20N2O7/c1-26-10-11-7-16(23)28-15-8-12(3-4-13(11)15)20-17-14(19(25)27-2)9-21(5-6-22)18(17)24/h3-4,7-8,20,22H,5-6,9-10H2,1-2H3. The van der Waals surface area contributed by atoms with Crippen LogP contribution in [0.2, 0.25) is 0 Å². The molecule has 148 valence electrons. The minimum atomic E-state index is -0.633. The fourth-order valence-corrected chi connectivity index (χ4v) is 3.08. The van der Waals surface area contributed by atoms with Gasteiger partial charge in [-0.3, -0.25) is 4.79 Å². The molecule has 0 radical (unpaired) electrons. The van der Waals surface area contributed by atoms with E-state index in [1.54, 1.807) is 18.2 Å². The van der Waals surface area contributed by atoms with Gasteiger partial charge in [0.15, 0.2) is 0 Å². The maximum atomic E-state index is 12.6. The minimum Gasteiger partial charge on any atom is -0.466 e. The van der Waals surface area contributed by atoms with Gasteiger partial charge in [-0.05, 0) is 17.7 Å². The third-order valence-corrected chi connectivity index (χ3v) is 4.35. The van der Waals surface area contributed by atoms with Gasteiger partial charge >= 0.3 is 11.6 Å². The van der Waals surface area contributed by atoms with E-state index in [0.29, 0.717) is 22.2 Å². The summed E-state index contributed by atoms with van der Waals surface area (Å²) in [5.74, 6) is -1.06. The van der Waals surface area contributed by atoms with E-state index in [-0.39, 0.29) is 37.6 Å². The zero-order valence-electron chi connectivity index (χ0n) is 15.5. The highest BCUT2D eigenvalue weighted by Crippen LogP contribution is 2.26. The zero-order valence-corrected chi connectivity index (χ0v) is 15.5. The number of carbonyl (C=O) groups excluding carboxylic acids is 2. The first-order chi connectivity index (χ1) is 13.5. The van der Waals surface area contributed by atoms with Crippen LogP contribution >= 0.6 is 0 Å². The first kappa shape index (κ1) is 19.6. The third kappa shape index (κ3) is 3.75. The molecule has 1 aliphatic rings. The van der Waals surface area contributed by atoms with Crippen LogP contribution in [0.3, 0.4) is 0 Å². The molecule has 2 aromatic rings. The second kappa shape index (κ2) is 8.24. The van der Waals surface area contributed by atoms with Gasteiger partial charge < -0.3 is 29.2 Å². The van der Waals surface area contributed by atoms with Crippen molar-refractivity contribution in [3.63, 3.8) is 0 Å². The number of amides is 1. The Morgan fingerprint density at radius 1 is 1.29 bits per heavy atom. The Balaban J connectivity index is 1.99. The number of nitrogens with zero attached hydrogens (tertiary/aromatic N) is 1. The molecule has 0 bridgehead atoms. The predicted octanol–water partition coefficient (Wildman–Crippen LogP) is 0.613. The number of esters is 1. The molecule has 9 heteroatoms. The molecular formula is C19H20N2O7. The monoisotopic (exact) mass is 388 g/mol. The van der Waals surface area contributed by atoms with Crippen molar-refractivity contribution in [2.75, 3.05) is 39.2 Å². The molecule has 2 heterocycles. The molecule has 1 aromatic carbocycles. The van der Waals surface area contributed by atoms with Crippen LogP contribution in [0.5, 0.6) is 0 Å². The van der Waals surface area contributed by atoms with Gasteiger partial charge in [-0.25, -0.2) is 9.59 Å². The minimum absolute atomic E-state index is 0.0368. The second-order valence-corrected chi connectivity index (χ2v) is 6.16. The highest BCUT2D eigenvalue weighted by molar-refractivity contribution is 6.08. The molecular weight excluding hydrogens is 368 g/mol. The lowest BCUT2D eigenvalue weighted by Gasteiger charge is -2.15. The summed E-state index contributed by atoms with van der Waals surface area (Å²) in [7, 11) is 2.76. The Kier molecular flexibility index (Phi) is 5.76. The van der Waals surface area contributed by atoms with Crippen molar-refractivity contribution in [2.45, 2.75) is 6.61 Å². The average Bonchev–Trinajstić information content (AvgIpc) is 2.97. The maximum absolute atomic E-state index is 12.6. The highest BCUT2D eigenvalue weighted by Gasteiger charge is 2.34. The number of nitrogens with one attached hydrogen (secondary N) is 1. The maximum Gasteiger partial charge on any atom is 0.337 e. The van der Waals surface area contributed by atoms with Crippen molar-refractivity contribution in [3.8, 4) is 0 Å². The molecule has 3 rings (SSSR count). The van der Waals surface area contributed by atoms with Crippen molar-refractivity contribution in [1.82, 2.24) is 4.90 Å². The summed E-state index contributed by atoms with van der Waals surface area (Å²) < 4.78 is 15.1. The topological polar surface area (TPSA) is 118 Å². The number of aliphatic hydroxyl groups is 1. The molecule has 0 fully saturated rings. The van der Waals surface area contributed by atoms with E-state index in [9.17, 15) is 14.4 Å². The Bertz CT molecular complexity index is 1010. The molecule has 28 heavy (non-hydrogen) atoms. The van der Waals surface area contributed by atoms with E-state index in [2.05, 4.69) is 5.32 Å². The highest BCUT2D eigenvalue weighted by atomic mass is 16.5. The average molecular weight is 388 g/mol. The summed E-state index contributed by atoms with van der Waals surface area (Å²) >= 11 is 0. The molecule has 9 nitrogen and oxygen atoms in total. The Morgan fingerprint density at radius 2 is 2.07 bits per heavy atom. The van der Waals surface area contributed by atoms with E-state index < -0.39 is 17.5 Å².